The Kier molecular flexibility index (Phi) is 4.90. The monoisotopic (exact) mass is 288 g/mol. The van der Waals surface area contributed by atoms with E-state index in [-0.39, 0.29) is 5.54 Å². The van der Waals surface area contributed by atoms with Crippen LogP contribution in [0.25, 0.3) is 0 Å². The third-order valence-electron chi connectivity index (χ3n) is 4.71. The van der Waals surface area contributed by atoms with Gasteiger partial charge >= 0.3 is 0 Å². The molecule has 0 aromatic heterocycles. The maximum atomic E-state index is 12.7. The van der Waals surface area contributed by atoms with Crippen molar-refractivity contribution in [2.45, 2.75) is 63.8 Å². The SMILES string of the molecule is CCN(C1(CN)CCCCCC1)S(=O)(=O)CC1CC1. The fraction of sp³-hybridized carbons (Fsp3) is 1.00. The molecule has 0 aromatic carbocycles. The summed E-state index contributed by atoms with van der Waals surface area (Å²) < 4.78 is 27.1. The number of nitrogens with zero attached hydrogens (tertiary/aromatic N) is 1. The molecule has 2 fully saturated rings. The van der Waals surface area contributed by atoms with Gasteiger partial charge in [0.15, 0.2) is 0 Å². The van der Waals surface area contributed by atoms with Gasteiger partial charge < -0.3 is 5.73 Å². The molecule has 0 aliphatic heterocycles. The second-order valence-corrected chi connectivity index (χ2v) is 8.17. The number of hydrogen-bond donors (Lipinski definition) is 1. The fourth-order valence-electron chi connectivity index (χ4n) is 3.44. The second-order valence-electron chi connectivity index (χ2n) is 6.23. The minimum Gasteiger partial charge on any atom is -0.329 e. The minimum atomic E-state index is -3.14. The van der Waals surface area contributed by atoms with Gasteiger partial charge in [-0.3, -0.25) is 0 Å². The van der Waals surface area contributed by atoms with Crippen molar-refractivity contribution < 1.29 is 8.42 Å². The summed E-state index contributed by atoms with van der Waals surface area (Å²) in [5, 5.41) is 0. The number of hydrogen-bond acceptors (Lipinski definition) is 3. The smallest absolute Gasteiger partial charge is 0.214 e. The van der Waals surface area contributed by atoms with Gasteiger partial charge in [0.05, 0.1) is 5.75 Å². The molecule has 2 aliphatic carbocycles. The lowest BCUT2D eigenvalue weighted by atomic mass is 9.90. The van der Waals surface area contributed by atoms with Crippen molar-refractivity contribution in [1.29, 1.82) is 0 Å². The van der Waals surface area contributed by atoms with Crippen LogP contribution in [0.4, 0.5) is 0 Å². The maximum absolute atomic E-state index is 12.7. The van der Waals surface area contributed by atoms with E-state index in [1.807, 2.05) is 6.92 Å². The van der Waals surface area contributed by atoms with Gasteiger partial charge in [0.2, 0.25) is 10.0 Å². The average molecular weight is 288 g/mol. The molecule has 4 nitrogen and oxygen atoms in total. The van der Waals surface area contributed by atoms with Gasteiger partial charge in [0.25, 0.3) is 0 Å². The fourth-order valence-corrected chi connectivity index (χ4v) is 5.79. The predicted molar refractivity (Wildman–Crippen MR) is 78.4 cm³/mol. The first kappa shape index (κ1) is 15.3. The molecular weight excluding hydrogens is 260 g/mol. The summed E-state index contributed by atoms with van der Waals surface area (Å²) in [5.74, 6) is 0.738. The molecule has 0 radical (unpaired) electrons. The highest BCUT2D eigenvalue weighted by molar-refractivity contribution is 7.89. The zero-order valence-corrected chi connectivity index (χ0v) is 12.9. The van der Waals surface area contributed by atoms with E-state index in [1.54, 1.807) is 4.31 Å². The first-order valence-corrected chi connectivity index (χ1v) is 9.35. The van der Waals surface area contributed by atoms with Crippen molar-refractivity contribution in [3.05, 3.63) is 0 Å². The molecule has 0 amide bonds. The van der Waals surface area contributed by atoms with Gasteiger partial charge in [-0.1, -0.05) is 32.6 Å². The highest BCUT2D eigenvalue weighted by atomic mass is 32.2. The van der Waals surface area contributed by atoms with Crippen molar-refractivity contribution >= 4 is 10.0 Å². The van der Waals surface area contributed by atoms with Gasteiger partial charge in [0.1, 0.15) is 0 Å². The molecule has 0 aromatic rings. The average Bonchev–Trinajstić information content (AvgIpc) is 3.17. The van der Waals surface area contributed by atoms with Crippen LogP contribution in [-0.4, -0.2) is 37.1 Å². The molecule has 2 saturated carbocycles. The highest BCUT2D eigenvalue weighted by Crippen LogP contribution is 2.37. The normalized spacial score (nSPS) is 24.4. The zero-order valence-electron chi connectivity index (χ0n) is 12.1. The molecule has 19 heavy (non-hydrogen) atoms. The molecule has 5 heteroatoms. The van der Waals surface area contributed by atoms with Crippen molar-refractivity contribution in [3.63, 3.8) is 0 Å². The summed E-state index contributed by atoms with van der Waals surface area (Å²) >= 11 is 0. The Labute approximate surface area is 117 Å². The Morgan fingerprint density at radius 3 is 2.16 bits per heavy atom. The Balaban J connectivity index is 2.20. The summed E-state index contributed by atoms with van der Waals surface area (Å²) in [6.45, 7) is 2.98. The van der Waals surface area contributed by atoms with E-state index in [2.05, 4.69) is 0 Å². The maximum Gasteiger partial charge on any atom is 0.214 e. The second kappa shape index (κ2) is 6.10. The summed E-state index contributed by atoms with van der Waals surface area (Å²) in [5.41, 5.74) is 5.71. The lowest BCUT2D eigenvalue weighted by molar-refractivity contribution is 0.173. The molecule has 0 heterocycles. The number of nitrogens with two attached hydrogens (primary N) is 1. The third-order valence-corrected chi connectivity index (χ3v) is 6.92. The molecule has 112 valence electrons. The van der Waals surface area contributed by atoms with Crippen molar-refractivity contribution in [3.8, 4) is 0 Å². The van der Waals surface area contributed by atoms with E-state index >= 15 is 0 Å². The van der Waals surface area contributed by atoms with Crippen LogP contribution in [0.5, 0.6) is 0 Å². The first-order valence-electron chi connectivity index (χ1n) is 7.75. The van der Waals surface area contributed by atoms with Crippen LogP contribution in [0.3, 0.4) is 0 Å². The lowest BCUT2D eigenvalue weighted by Gasteiger charge is -2.41. The predicted octanol–water partition coefficient (Wildman–Crippen LogP) is 2.10. The Hall–Kier alpha value is -0.130. The van der Waals surface area contributed by atoms with E-state index in [0.717, 1.165) is 38.5 Å². The Morgan fingerprint density at radius 1 is 1.16 bits per heavy atom. The van der Waals surface area contributed by atoms with E-state index in [0.29, 0.717) is 24.8 Å². The van der Waals surface area contributed by atoms with Crippen LogP contribution in [-0.2, 0) is 10.0 Å². The van der Waals surface area contributed by atoms with Crippen molar-refractivity contribution in [2.75, 3.05) is 18.8 Å². The highest BCUT2D eigenvalue weighted by Gasteiger charge is 2.43. The molecule has 0 bridgehead atoms. The quantitative estimate of drug-likeness (QED) is 0.761. The Bertz CT molecular complexity index is 382. The van der Waals surface area contributed by atoms with Crippen molar-refractivity contribution in [2.24, 2.45) is 11.7 Å². The number of rotatable bonds is 6. The topological polar surface area (TPSA) is 63.4 Å². The number of sulfonamides is 1. The van der Waals surface area contributed by atoms with Gasteiger partial charge in [-0.2, -0.15) is 4.31 Å². The van der Waals surface area contributed by atoms with Crippen LogP contribution < -0.4 is 5.73 Å². The lowest BCUT2D eigenvalue weighted by Crippen LogP contribution is -2.56. The summed E-state index contributed by atoms with van der Waals surface area (Å²) in [6, 6.07) is 0. The summed E-state index contributed by atoms with van der Waals surface area (Å²) in [7, 11) is -3.14. The third kappa shape index (κ3) is 3.50. The zero-order chi connectivity index (χ0) is 13.9. The molecule has 0 saturated heterocycles. The van der Waals surface area contributed by atoms with Crippen LogP contribution in [0.2, 0.25) is 0 Å². The molecular formula is C14H28N2O2S. The summed E-state index contributed by atoms with van der Waals surface area (Å²) in [4.78, 5) is 0. The summed E-state index contributed by atoms with van der Waals surface area (Å²) in [6.07, 6.45) is 8.64. The van der Waals surface area contributed by atoms with Crippen LogP contribution in [0.15, 0.2) is 0 Å². The van der Waals surface area contributed by atoms with E-state index in [1.165, 1.54) is 12.8 Å². The van der Waals surface area contributed by atoms with Crippen molar-refractivity contribution in [1.82, 2.24) is 4.31 Å². The number of likely N-dealkylation sites (N-methyl/N-ethyl adjacent to an activating group) is 1. The molecule has 2 rings (SSSR count). The van der Waals surface area contributed by atoms with E-state index in [4.69, 9.17) is 5.73 Å². The standard InChI is InChI=1S/C14H28N2O2S/c1-2-16(19(17,18)11-13-7-8-13)14(12-15)9-5-3-4-6-10-14/h13H,2-12,15H2,1H3. The molecule has 2 N–H and O–H groups in total. The molecule has 0 unspecified atom stereocenters. The first-order chi connectivity index (χ1) is 9.04. The van der Waals surface area contributed by atoms with Crippen LogP contribution in [0, 0.1) is 5.92 Å². The van der Waals surface area contributed by atoms with Gasteiger partial charge in [-0.25, -0.2) is 8.42 Å². The van der Waals surface area contributed by atoms with Gasteiger partial charge in [-0.15, -0.1) is 0 Å². The Morgan fingerprint density at radius 2 is 1.74 bits per heavy atom. The van der Waals surface area contributed by atoms with Gasteiger partial charge in [-0.05, 0) is 31.6 Å². The van der Waals surface area contributed by atoms with Gasteiger partial charge in [0, 0.05) is 18.6 Å². The van der Waals surface area contributed by atoms with E-state index in [9.17, 15) is 8.42 Å². The molecule has 0 atom stereocenters. The minimum absolute atomic E-state index is 0.307. The van der Waals surface area contributed by atoms with Crippen LogP contribution >= 0.6 is 0 Å². The van der Waals surface area contributed by atoms with Crippen LogP contribution in [0.1, 0.15) is 58.3 Å². The molecule has 2 aliphatic rings. The molecule has 0 spiro atoms. The largest absolute Gasteiger partial charge is 0.329 e. The van der Waals surface area contributed by atoms with E-state index < -0.39 is 10.0 Å².